The standard InChI is InChI=1S/C17H16FNO2/c18-14-3-6-17-13(9-14)10-16(21-17)11-19-15-4-1-12(2-5-15)7-8-20/h1-6,9-10,19-20H,7-8,11H2. The van der Waals surface area contributed by atoms with Gasteiger partial charge in [0.15, 0.2) is 0 Å². The van der Waals surface area contributed by atoms with Crippen molar-refractivity contribution in [1.29, 1.82) is 0 Å². The van der Waals surface area contributed by atoms with Crippen molar-refractivity contribution in [3.63, 3.8) is 0 Å². The second-order valence-corrected chi connectivity index (χ2v) is 4.92. The van der Waals surface area contributed by atoms with Crippen molar-refractivity contribution in [3.05, 3.63) is 65.7 Å². The molecule has 0 aliphatic carbocycles. The molecule has 0 saturated carbocycles. The van der Waals surface area contributed by atoms with Gasteiger partial charge >= 0.3 is 0 Å². The summed E-state index contributed by atoms with van der Waals surface area (Å²) >= 11 is 0. The molecule has 0 saturated heterocycles. The Morgan fingerprint density at radius 2 is 1.86 bits per heavy atom. The summed E-state index contributed by atoms with van der Waals surface area (Å²) in [5.74, 6) is 0.498. The summed E-state index contributed by atoms with van der Waals surface area (Å²) in [6, 6.07) is 14.2. The fourth-order valence-corrected chi connectivity index (χ4v) is 2.26. The smallest absolute Gasteiger partial charge is 0.134 e. The third-order valence-corrected chi connectivity index (χ3v) is 3.35. The normalized spacial score (nSPS) is 11.0. The first-order valence-electron chi connectivity index (χ1n) is 6.86. The molecule has 0 radical (unpaired) electrons. The van der Waals surface area contributed by atoms with Crippen LogP contribution in [0, 0.1) is 5.82 Å². The Kier molecular flexibility index (Phi) is 3.88. The Morgan fingerprint density at radius 3 is 2.62 bits per heavy atom. The van der Waals surface area contributed by atoms with E-state index in [2.05, 4.69) is 5.32 Å². The second-order valence-electron chi connectivity index (χ2n) is 4.92. The van der Waals surface area contributed by atoms with E-state index >= 15 is 0 Å². The summed E-state index contributed by atoms with van der Waals surface area (Å²) in [5.41, 5.74) is 2.76. The predicted octanol–water partition coefficient (Wildman–Crippen LogP) is 3.72. The van der Waals surface area contributed by atoms with Crippen molar-refractivity contribution >= 4 is 16.7 Å². The lowest BCUT2D eigenvalue weighted by molar-refractivity contribution is 0.299. The van der Waals surface area contributed by atoms with Crippen LogP contribution in [0.1, 0.15) is 11.3 Å². The monoisotopic (exact) mass is 285 g/mol. The number of aliphatic hydroxyl groups excluding tert-OH is 1. The van der Waals surface area contributed by atoms with Gasteiger partial charge in [0.25, 0.3) is 0 Å². The summed E-state index contributed by atoms with van der Waals surface area (Å²) in [5, 5.41) is 12.9. The van der Waals surface area contributed by atoms with E-state index in [9.17, 15) is 4.39 Å². The number of nitrogens with one attached hydrogen (secondary N) is 1. The summed E-state index contributed by atoms with van der Waals surface area (Å²) in [6.45, 7) is 0.692. The van der Waals surface area contributed by atoms with Gasteiger partial charge < -0.3 is 14.8 Å². The van der Waals surface area contributed by atoms with Crippen LogP contribution in [0.2, 0.25) is 0 Å². The molecule has 1 heterocycles. The highest BCUT2D eigenvalue weighted by Crippen LogP contribution is 2.21. The van der Waals surface area contributed by atoms with Crippen LogP contribution in [-0.4, -0.2) is 11.7 Å². The minimum absolute atomic E-state index is 0.155. The molecular weight excluding hydrogens is 269 g/mol. The van der Waals surface area contributed by atoms with Crippen LogP contribution in [0.4, 0.5) is 10.1 Å². The molecule has 0 unspecified atom stereocenters. The number of furan rings is 1. The topological polar surface area (TPSA) is 45.4 Å². The van der Waals surface area contributed by atoms with Gasteiger partial charge in [-0.2, -0.15) is 0 Å². The maximum Gasteiger partial charge on any atom is 0.134 e. The zero-order valence-electron chi connectivity index (χ0n) is 11.5. The van der Waals surface area contributed by atoms with E-state index in [1.807, 2.05) is 30.3 Å². The van der Waals surface area contributed by atoms with E-state index < -0.39 is 0 Å². The number of benzene rings is 2. The number of hydrogen-bond donors (Lipinski definition) is 2. The van der Waals surface area contributed by atoms with Gasteiger partial charge in [-0.25, -0.2) is 4.39 Å². The molecule has 0 aliphatic rings. The molecule has 0 spiro atoms. The minimum atomic E-state index is -0.262. The van der Waals surface area contributed by atoms with E-state index in [1.54, 1.807) is 6.07 Å². The number of rotatable bonds is 5. The minimum Gasteiger partial charge on any atom is -0.459 e. The molecule has 0 bridgehead atoms. The predicted molar refractivity (Wildman–Crippen MR) is 80.7 cm³/mol. The van der Waals surface area contributed by atoms with Gasteiger partial charge in [-0.05, 0) is 48.4 Å². The van der Waals surface area contributed by atoms with Gasteiger partial charge in [-0.15, -0.1) is 0 Å². The molecule has 1 aromatic heterocycles. The molecule has 0 atom stereocenters. The lowest BCUT2D eigenvalue weighted by Crippen LogP contribution is -1.98. The molecule has 0 aliphatic heterocycles. The number of hydrogen-bond acceptors (Lipinski definition) is 3. The average Bonchev–Trinajstić information content (AvgIpc) is 2.89. The molecule has 21 heavy (non-hydrogen) atoms. The first-order valence-corrected chi connectivity index (χ1v) is 6.86. The average molecular weight is 285 g/mol. The van der Waals surface area contributed by atoms with Crippen molar-refractivity contribution in [1.82, 2.24) is 0 Å². The van der Waals surface area contributed by atoms with E-state index in [0.29, 0.717) is 18.5 Å². The van der Waals surface area contributed by atoms with Crippen LogP contribution in [0.3, 0.4) is 0 Å². The number of anilines is 1. The van der Waals surface area contributed by atoms with Crippen molar-refractivity contribution in [2.24, 2.45) is 0 Å². The molecule has 108 valence electrons. The van der Waals surface area contributed by atoms with Crippen molar-refractivity contribution < 1.29 is 13.9 Å². The summed E-state index contributed by atoms with van der Waals surface area (Å²) in [6.07, 6.45) is 0.662. The second kappa shape index (κ2) is 5.97. The lowest BCUT2D eigenvalue weighted by Gasteiger charge is -2.05. The molecule has 2 aromatic carbocycles. The first-order chi connectivity index (χ1) is 10.2. The number of fused-ring (bicyclic) bond motifs is 1. The van der Waals surface area contributed by atoms with Crippen LogP contribution in [0.25, 0.3) is 11.0 Å². The zero-order chi connectivity index (χ0) is 14.7. The van der Waals surface area contributed by atoms with E-state index in [-0.39, 0.29) is 12.4 Å². The molecule has 2 N–H and O–H groups in total. The summed E-state index contributed by atoms with van der Waals surface area (Å²) in [7, 11) is 0. The molecular formula is C17H16FNO2. The lowest BCUT2D eigenvalue weighted by atomic mass is 10.1. The Balaban J connectivity index is 1.68. The summed E-state index contributed by atoms with van der Waals surface area (Å²) in [4.78, 5) is 0. The van der Waals surface area contributed by atoms with Gasteiger partial charge in [-0.3, -0.25) is 0 Å². The Labute approximate surface area is 122 Å². The highest BCUT2D eigenvalue weighted by molar-refractivity contribution is 5.77. The van der Waals surface area contributed by atoms with Crippen LogP contribution in [0.5, 0.6) is 0 Å². The quantitative estimate of drug-likeness (QED) is 0.751. The highest BCUT2D eigenvalue weighted by Gasteiger charge is 2.04. The van der Waals surface area contributed by atoms with Gasteiger partial charge in [0.2, 0.25) is 0 Å². The number of halogens is 1. The Bertz CT molecular complexity index is 734. The molecule has 3 aromatic rings. The molecule has 0 amide bonds. The van der Waals surface area contributed by atoms with Crippen molar-refractivity contribution in [3.8, 4) is 0 Å². The van der Waals surface area contributed by atoms with E-state index in [0.717, 1.165) is 22.4 Å². The number of aliphatic hydroxyl groups is 1. The van der Waals surface area contributed by atoms with Gasteiger partial charge in [-0.1, -0.05) is 12.1 Å². The fraction of sp³-hybridized carbons (Fsp3) is 0.176. The molecule has 3 rings (SSSR count). The molecule has 4 heteroatoms. The third-order valence-electron chi connectivity index (χ3n) is 3.35. The van der Waals surface area contributed by atoms with Crippen LogP contribution in [0.15, 0.2) is 52.9 Å². The van der Waals surface area contributed by atoms with Crippen LogP contribution in [-0.2, 0) is 13.0 Å². The van der Waals surface area contributed by atoms with Gasteiger partial charge in [0, 0.05) is 17.7 Å². The highest BCUT2D eigenvalue weighted by atomic mass is 19.1. The maximum absolute atomic E-state index is 13.1. The fourth-order valence-electron chi connectivity index (χ4n) is 2.26. The van der Waals surface area contributed by atoms with E-state index in [1.165, 1.54) is 12.1 Å². The largest absolute Gasteiger partial charge is 0.459 e. The van der Waals surface area contributed by atoms with Crippen LogP contribution < -0.4 is 5.32 Å². The van der Waals surface area contributed by atoms with Gasteiger partial charge in [0.05, 0.1) is 6.54 Å². The Morgan fingerprint density at radius 1 is 1.05 bits per heavy atom. The zero-order valence-corrected chi connectivity index (χ0v) is 11.5. The van der Waals surface area contributed by atoms with E-state index in [4.69, 9.17) is 9.52 Å². The van der Waals surface area contributed by atoms with Crippen molar-refractivity contribution in [2.75, 3.05) is 11.9 Å². The Hall–Kier alpha value is -2.33. The SMILES string of the molecule is OCCc1ccc(NCc2cc3cc(F)ccc3o2)cc1. The summed E-state index contributed by atoms with van der Waals surface area (Å²) < 4.78 is 18.8. The third kappa shape index (κ3) is 3.23. The maximum atomic E-state index is 13.1. The van der Waals surface area contributed by atoms with Gasteiger partial charge in [0.1, 0.15) is 17.2 Å². The van der Waals surface area contributed by atoms with Crippen molar-refractivity contribution in [2.45, 2.75) is 13.0 Å². The first kappa shape index (κ1) is 13.6. The molecule has 3 nitrogen and oxygen atoms in total. The molecule has 0 fully saturated rings. The van der Waals surface area contributed by atoms with Crippen LogP contribution >= 0.6 is 0 Å².